The summed E-state index contributed by atoms with van der Waals surface area (Å²) < 4.78 is 40.4. The number of rotatable bonds is 6. The van der Waals surface area contributed by atoms with Gasteiger partial charge >= 0.3 is 6.18 Å². The van der Waals surface area contributed by atoms with Gasteiger partial charge in [0.1, 0.15) is 6.54 Å². The number of hydrogen-bond donors (Lipinski definition) is 0. The van der Waals surface area contributed by atoms with Crippen LogP contribution in [0.1, 0.15) is 59.3 Å². The summed E-state index contributed by atoms with van der Waals surface area (Å²) in [4.78, 5) is 33.9. The first-order valence-corrected chi connectivity index (χ1v) is 12.1. The molecule has 2 heterocycles. The quantitative estimate of drug-likeness (QED) is 0.508. The second kappa shape index (κ2) is 9.76. The normalized spacial score (nSPS) is 20.1. The molecule has 2 aromatic carbocycles. The molecule has 4 rings (SSSR count). The Labute approximate surface area is 212 Å². The Kier molecular flexibility index (Phi) is 7.05. The third-order valence-corrected chi connectivity index (χ3v) is 6.59. The van der Waals surface area contributed by atoms with Crippen molar-refractivity contribution in [3.63, 3.8) is 0 Å². The molecular weight excluding hydrogens is 495 g/mol. The van der Waals surface area contributed by atoms with E-state index in [-0.39, 0.29) is 30.2 Å². The summed E-state index contributed by atoms with van der Waals surface area (Å²) in [6.07, 6.45) is -4.76. The fraction of sp³-hybridized carbons (Fsp3) is 0.423. The number of alkyl halides is 3. The maximum absolute atomic E-state index is 13.5. The lowest BCUT2D eigenvalue weighted by Crippen LogP contribution is -2.32. The Hall–Kier alpha value is -3.07. The highest BCUT2D eigenvalue weighted by molar-refractivity contribution is 6.30. The minimum absolute atomic E-state index is 0.0661. The Morgan fingerprint density at radius 1 is 1.22 bits per heavy atom. The average molecular weight is 522 g/mol. The van der Waals surface area contributed by atoms with Crippen molar-refractivity contribution in [1.29, 1.82) is 0 Å². The van der Waals surface area contributed by atoms with Gasteiger partial charge in [0.15, 0.2) is 5.60 Å². The van der Waals surface area contributed by atoms with E-state index >= 15 is 0 Å². The lowest BCUT2D eigenvalue weighted by Gasteiger charge is -2.23. The smallest absolute Gasteiger partial charge is 0.384 e. The number of carbonyl (C=O) groups excluding carboxylic acids is 2. The van der Waals surface area contributed by atoms with Crippen LogP contribution in [0.2, 0.25) is 5.02 Å². The number of carbonyl (C=O) groups is 2. The van der Waals surface area contributed by atoms with Crippen molar-refractivity contribution in [1.82, 2.24) is 9.80 Å². The van der Waals surface area contributed by atoms with Crippen LogP contribution in [0.5, 0.6) is 0 Å². The van der Waals surface area contributed by atoms with Crippen LogP contribution in [0.25, 0.3) is 0 Å². The van der Waals surface area contributed by atoms with Crippen molar-refractivity contribution in [2.45, 2.75) is 51.8 Å². The fourth-order valence-corrected chi connectivity index (χ4v) is 4.89. The van der Waals surface area contributed by atoms with Crippen molar-refractivity contribution >= 4 is 29.1 Å². The number of benzene rings is 2. The van der Waals surface area contributed by atoms with Gasteiger partial charge in [-0.15, -0.1) is 0 Å². The molecule has 0 saturated carbocycles. The van der Waals surface area contributed by atoms with Crippen molar-refractivity contribution < 1.29 is 27.6 Å². The van der Waals surface area contributed by atoms with Gasteiger partial charge in [0, 0.05) is 23.6 Å². The lowest BCUT2D eigenvalue weighted by molar-refractivity contribution is -0.128. The van der Waals surface area contributed by atoms with Gasteiger partial charge in [-0.05, 0) is 66.8 Å². The predicted octanol–water partition coefficient (Wildman–Crippen LogP) is 5.44. The Morgan fingerprint density at radius 2 is 1.97 bits per heavy atom. The van der Waals surface area contributed by atoms with E-state index in [1.54, 1.807) is 12.1 Å². The molecule has 1 saturated heterocycles. The van der Waals surface area contributed by atoms with Gasteiger partial charge in [-0.3, -0.25) is 9.59 Å². The number of amides is 2. The van der Waals surface area contributed by atoms with E-state index < -0.39 is 24.1 Å². The molecule has 0 aliphatic carbocycles. The predicted molar refractivity (Wildman–Crippen MR) is 130 cm³/mol. The molecule has 2 aromatic rings. The largest absolute Gasteiger partial charge is 0.393 e. The molecule has 0 spiro atoms. The second-order valence-electron chi connectivity index (χ2n) is 9.52. The van der Waals surface area contributed by atoms with Crippen molar-refractivity contribution in [3.8, 4) is 0 Å². The van der Waals surface area contributed by atoms with E-state index in [9.17, 15) is 22.8 Å². The van der Waals surface area contributed by atoms with E-state index in [2.05, 4.69) is 5.16 Å². The summed E-state index contributed by atoms with van der Waals surface area (Å²) in [7, 11) is 0. The molecule has 1 fully saturated rings. The zero-order chi connectivity index (χ0) is 26.3. The summed E-state index contributed by atoms with van der Waals surface area (Å²) in [5.41, 5.74) is 1.60. The fourth-order valence-electron chi connectivity index (χ4n) is 4.61. The zero-order valence-electron chi connectivity index (χ0n) is 20.3. The van der Waals surface area contributed by atoms with Crippen LogP contribution in [0.4, 0.5) is 13.2 Å². The SMILES string of the molecule is CCCN1CN(C(=O)c2ccc(C3=NOC(C)(c4cc(C)cc(Cl)c4)C3)cc2CC(F)(F)F)CC1=O. The Bertz CT molecular complexity index is 1210. The van der Waals surface area contributed by atoms with Gasteiger partial charge in [-0.2, -0.15) is 13.2 Å². The standard InChI is InChI=1S/C26H27ClF3N3O3/c1-4-7-32-15-33(14-23(32)34)24(35)21-6-5-17(10-18(21)12-26(28,29)30)22-13-25(3,36-31-22)19-8-16(2)9-20(27)11-19/h5-6,8-11H,4,7,12-15H2,1-3H3. The molecule has 0 bridgehead atoms. The third kappa shape index (κ3) is 5.51. The van der Waals surface area contributed by atoms with Crippen molar-refractivity contribution in [3.05, 3.63) is 69.2 Å². The maximum Gasteiger partial charge on any atom is 0.393 e. The third-order valence-electron chi connectivity index (χ3n) is 6.38. The summed E-state index contributed by atoms with van der Waals surface area (Å²) in [6, 6.07) is 9.84. The van der Waals surface area contributed by atoms with Crippen molar-refractivity contribution in [2.75, 3.05) is 19.8 Å². The van der Waals surface area contributed by atoms with Gasteiger partial charge in [0.2, 0.25) is 5.91 Å². The Morgan fingerprint density at radius 3 is 2.64 bits per heavy atom. The highest BCUT2D eigenvalue weighted by atomic mass is 35.5. The van der Waals surface area contributed by atoms with Gasteiger partial charge in [-0.25, -0.2) is 0 Å². The highest BCUT2D eigenvalue weighted by Gasteiger charge is 2.38. The van der Waals surface area contributed by atoms with E-state index in [0.717, 1.165) is 17.5 Å². The number of halogens is 4. The summed E-state index contributed by atoms with van der Waals surface area (Å²) >= 11 is 6.20. The first-order valence-electron chi connectivity index (χ1n) is 11.7. The molecule has 6 nitrogen and oxygen atoms in total. The first kappa shape index (κ1) is 26.0. The second-order valence-corrected chi connectivity index (χ2v) is 9.96. The topological polar surface area (TPSA) is 62.2 Å². The number of aryl methyl sites for hydroxylation is 1. The van der Waals surface area contributed by atoms with E-state index in [1.807, 2.05) is 32.9 Å². The highest BCUT2D eigenvalue weighted by Crippen LogP contribution is 2.38. The number of hydrogen-bond acceptors (Lipinski definition) is 4. The Balaban J connectivity index is 1.61. The van der Waals surface area contributed by atoms with Crippen LogP contribution >= 0.6 is 11.6 Å². The average Bonchev–Trinajstić information content (AvgIpc) is 3.36. The summed E-state index contributed by atoms with van der Waals surface area (Å²) in [5, 5.41) is 4.72. The molecule has 0 aromatic heterocycles. The zero-order valence-corrected chi connectivity index (χ0v) is 21.0. The molecule has 36 heavy (non-hydrogen) atoms. The molecule has 0 N–H and O–H groups in total. The molecule has 1 atom stereocenters. The number of oxime groups is 1. The number of nitrogens with zero attached hydrogens (tertiary/aromatic N) is 3. The van der Waals surface area contributed by atoms with Crippen LogP contribution in [0.3, 0.4) is 0 Å². The van der Waals surface area contributed by atoms with E-state index in [0.29, 0.717) is 29.3 Å². The molecule has 1 unspecified atom stereocenters. The summed E-state index contributed by atoms with van der Waals surface area (Å²) in [6.45, 7) is 6.06. The minimum atomic E-state index is -4.52. The minimum Gasteiger partial charge on any atom is -0.384 e. The molecule has 10 heteroatoms. The summed E-state index contributed by atoms with van der Waals surface area (Å²) in [5.74, 6) is -0.816. The molecule has 192 valence electrons. The molecule has 0 radical (unpaired) electrons. The van der Waals surface area contributed by atoms with Crippen LogP contribution in [-0.2, 0) is 21.7 Å². The lowest BCUT2D eigenvalue weighted by atomic mass is 9.87. The molecule has 2 amide bonds. The van der Waals surface area contributed by atoms with Crippen LogP contribution in [0, 0.1) is 6.92 Å². The molecule has 2 aliphatic heterocycles. The van der Waals surface area contributed by atoms with E-state index in [1.165, 1.54) is 21.9 Å². The van der Waals surface area contributed by atoms with Gasteiger partial charge in [0.05, 0.1) is 18.8 Å². The maximum atomic E-state index is 13.5. The van der Waals surface area contributed by atoms with Crippen LogP contribution < -0.4 is 0 Å². The van der Waals surface area contributed by atoms with Gasteiger partial charge in [-0.1, -0.05) is 35.8 Å². The van der Waals surface area contributed by atoms with Crippen LogP contribution in [0.15, 0.2) is 41.6 Å². The molecular formula is C26H27ClF3N3O3. The van der Waals surface area contributed by atoms with Gasteiger partial charge in [0.25, 0.3) is 5.91 Å². The first-order chi connectivity index (χ1) is 16.9. The monoisotopic (exact) mass is 521 g/mol. The van der Waals surface area contributed by atoms with Crippen molar-refractivity contribution in [2.24, 2.45) is 5.16 Å². The van der Waals surface area contributed by atoms with Crippen LogP contribution in [-0.4, -0.2) is 53.3 Å². The van der Waals surface area contributed by atoms with Gasteiger partial charge < -0.3 is 14.6 Å². The van der Waals surface area contributed by atoms with E-state index in [4.69, 9.17) is 16.4 Å². The molecule has 2 aliphatic rings.